The highest BCUT2D eigenvalue weighted by atomic mass is 19.4. The largest absolute Gasteiger partial charge is 0.480 e. The van der Waals surface area contributed by atoms with Crippen molar-refractivity contribution in [3.05, 3.63) is 47.7 Å². The molecule has 2 aromatic rings. The lowest BCUT2D eigenvalue weighted by atomic mass is 10.1. The number of benzene rings is 1. The maximum absolute atomic E-state index is 14.5. The summed E-state index contributed by atoms with van der Waals surface area (Å²) in [6.45, 7) is -0.972. The van der Waals surface area contributed by atoms with Crippen LogP contribution in [0.5, 0.6) is 5.88 Å². The third-order valence-electron chi connectivity index (χ3n) is 4.42. The van der Waals surface area contributed by atoms with Gasteiger partial charge in [0, 0.05) is 17.7 Å². The number of nitrogens with one attached hydrogen (secondary N) is 1. The summed E-state index contributed by atoms with van der Waals surface area (Å²) in [5, 5.41) is 2.51. The van der Waals surface area contributed by atoms with Crippen LogP contribution >= 0.6 is 0 Å². The number of anilines is 1. The van der Waals surface area contributed by atoms with E-state index < -0.39 is 49.1 Å². The zero-order valence-electron chi connectivity index (χ0n) is 16.7. The molecule has 3 rings (SSSR count). The quantitative estimate of drug-likeness (QED) is 0.677. The molecule has 2 heterocycles. The Hall–Kier alpha value is -3.48. The Balaban J connectivity index is 1.83. The zero-order valence-corrected chi connectivity index (χ0v) is 16.7. The highest BCUT2D eigenvalue weighted by Gasteiger charge is 2.41. The number of hydrogen-bond donors (Lipinski definition) is 2. The summed E-state index contributed by atoms with van der Waals surface area (Å²) in [6.07, 6.45) is -4.82. The van der Waals surface area contributed by atoms with Gasteiger partial charge >= 0.3 is 6.18 Å². The molecule has 32 heavy (non-hydrogen) atoms. The SMILES string of the molecule is COc1cnc(C(=O)Nc2ccc(F)c(C3CO[C@H](C(F)(F)F)CCOC(N)=N3)c2)cn1. The number of nitrogens with zero attached hydrogens (tertiary/aromatic N) is 3. The number of halogens is 4. The van der Waals surface area contributed by atoms with Gasteiger partial charge in [-0.1, -0.05) is 0 Å². The van der Waals surface area contributed by atoms with Crippen molar-refractivity contribution in [1.82, 2.24) is 9.97 Å². The predicted molar refractivity (Wildman–Crippen MR) is 104 cm³/mol. The molecule has 1 aliphatic rings. The molecule has 1 unspecified atom stereocenters. The zero-order chi connectivity index (χ0) is 23.3. The molecule has 3 N–H and O–H groups in total. The first-order valence-electron chi connectivity index (χ1n) is 9.28. The van der Waals surface area contributed by atoms with Gasteiger partial charge in [0.1, 0.15) is 17.6 Å². The highest BCUT2D eigenvalue weighted by Crippen LogP contribution is 2.30. The number of ether oxygens (including phenoxy) is 3. The Kier molecular flexibility index (Phi) is 7.08. The maximum atomic E-state index is 14.5. The number of carbonyl (C=O) groups is 1. The first-order chi connectivity index (χ1) is 15.2. The Morgan fingerprint density at radius 1 is 1.28 bits per heavy atom. The first kappa shape index (κ1) is 23.2. The summed E-state index contributed by atoms with van der Waals surface area (Å²) in [6, 6.07) is 1.88. The Labute approximate surface area is 179 Å². The molecule has 1 aromatic heterocycles. The van der Waals surface area contributed by atoms with Crippen LogP contribution in [-0.2, 0) is 9.47 Å². The van der Waals surface area contributed by atoms with Gasteiger partial charge in [-0.2, -0.15) is 13.2 Å². The second-order valence-electron chi connectivity index (χ2n) is 6.62. The van der Waals surface area contributed by atoms with Gasteiger partial charge < -0.3 is 25.3 Å². The van der Waals surface area contributed by atoms with E-state index in [2.05, 4.69) is 20.3 Å². The molecule has 0 fully saturated rings. The van der Waals surface area contributed by atoms with Crippen LogP contribution in [-0.4, -0.2) is 54.5 Å². The van der Waals surface area contributed by atoms with E-state index in [9.17, 15) is 22.4 Å². The van der Waals surface area contributed by atoms with Crippen LogP contribution < -0.4 is 15.8 Å². The fourth-order valence-electron chi connectivity index (χ4n) is 2.82. The van der Waals surface area contributed by atoms with Crippen molar-refractivity contribution in [2.45, 2.75) is 24.7 Å². The molecular formula is C19H19F4N5O4. The Bertz CT molecular complexity index is 985. The van der Waals surface area contributed by atoms with E-state index in [1.807, 2.05) is 0 Å². The van der Waals surface area contributed by atoms with E-state index in [1.54, 1.807) is 0 Å². The van der Waals surface area contributed by atoms with Gasteiger partial charge in [0.25, 0.3) is 11.9 Å². The van der Waals surface area contributed by atoms with Crippen LogP contribution in [0.3, 0.4) is 0 Å². The predicted octanol–water partition coefficient (Wildman–Crippen LogP) is 2.60. The molecule has 0 saturated carbocycles. The van der Waals surface area contributed by atoms with Gasteiger partial charge in [0.15, 0.2) is 6.10 Å². The van der Waals surface area contributed by atoms with Gasteiger partial charge in [0.05, 0.1) is 32.7 Å². The smallest absolute Gasteiger partial charge is 0.414 e. The van der Waals surface area contributed by atoms with Gasteiger partial charge in [-0.3, -0.25) is 4.79 Å². The molecule has 13 heteroatoms. The molecule has 1 amide bonds. The van der Waals surface area contributed by atoms with E-state index in [1.165, 1.54) is 31.6 Å². The Morgan fingerprint density at radius 2 is 2.06 bits per heavy atom. The third-order valence-corrected chi connectivity index (χ3v) is 4.42. The number of rotatable bonds is 4. The van der Waals surface area contributed by atoms with Crippen LogP contribution in [0.4, 0.5) is 23.2 Å². The molecule has 172 valence electrons. The van der Waals surface area contributed by atoms with E-state index >= 15 is 0 Å². The molecule has 0 aliphatic carbocycles. The molecule has 0 saturated heterocycles. The van der Waals surface area contributed by atoms with Gasteiger partial charge in [-0.25, -0.2) is 19.4 Å². The number of amides is 1. The van der Waals surface area contributed by atoms with Crippen molar-refractivity contribution < 1.29 is 36.6 Å². The molecule has 9 nitrogen and oxygen atoms in total. The summed E-state index contributed by atoms with van der Waals surface area (Å²) in [4.78, 5) is 24.1. The molecule has 1 aliphatic heterocycles. The summed E-state index contributed by atoms with van der Waals surface area (Å²) >= 11 is 0. The monoisotopic (exact) mass is 457 g/mol. The van der Waals surface area contributed by atoms with E-state index in [-0.39, 0.29) is 29.4 Å². The van der Waals surface area contributed by atoms with Crippen LogP contribution in [0.15, 0.2) is 35.6 Å². The number of alkyl halides is 3. The lowest BCUT2D eigenvalue weighted by Gasteiger charge is -2.21. The molecule has 1 aromatic carbocycles. The third kappa shape index (κ3) is 5.81. The normalized spacial score (nSPS) is 19.6. The molecular weight excluding hydrogens is 438 g/mol. The van der Waals surface area contributed by atoms with Crippen LogP contribution in [0.1, 0.15) is 28.5 Å². The van der Waals surface area contributed by atoms with E-state index in [0.717, 1.165) is 6.07 Å². The summed E-state index contributed by atoms with van der Waals surface area (Å²) < 4.78 is 68.7. The van der Waals surface area contributed by atoms with E-state index in [4.69, 9.17) is 19.9 Å². The number of methoxy groups -OCH3 is 1. The van der Waals surface area contributed by atoms with E-state index in [0.29, 0.717) is 0 Å². The number of nitrogens with two attached hydrogens (primary N) is 1. The van der Waals surface area contributed by atoms with Gasteiger partial charge in [-0.15, -0.1) is 0 Å². The van der Waals surface area contributed by atoms with Gasteiger partial charge in [-0.05, 0) is 18.2 Å². The second kappa shape index (κ2) is 9.77. The average Bonchev–Trinajstić information content (AvgIpc) is 2.85. The van der Waals surface area contributed by atoms with Crippen molar-refractivity contribution in [1.29, 1.82) is 0 Å². The van der Waals surface area contributed by atoms with Crippen molar-refractivity contribution in [2.24, 2.45) is 10.7 Å². The minimum atomic E-state index is -4.64. The highest BCUT2D eigenvalue weighted by molar-refractivity contribution is 6.02. The van der Waals surface area contributed by atoms with Crippen molar-refractivity contribution >= 4 is 17.6 Å². The minimum absolute atomic E-state index is 0.0360. The maximum Gasteiger partial charge on any atom is 0.414 e. The second-order valence-corrected chi connectivity index (χ2v) is 6.62. The Morgan fingerprint density at radius 3 is 2.72 bits per heavy atom. The lowest BCUT2D eigenvalue weighted by Crippen LogP contribution is -2.33. The topological polar surface area (TPSA) is 121 Å². The number of carbonyl (C=O) groups excluding carboxylic acids is 1. The van der Waals surface area contributed by atoms with Gasteiger partial charge in [0.2, 0.25) is 5.88 Å². The van der Waals surface area contributed by atoms with Crippen LogP contribution in [0, 0.1) is 5.82 Å². The number of amidine groups is 1. The molecule has 0 bridgehead atoms. The summed E-state index contributed by atoms with van der Waals surface area (Å²) in [5.74, 6) is -1.22. The average molecular weight is 457 g/mol. The number of aromatic nitrogens is 2. The van der Waals surface area contributed by atoms with Crippen molar-refractivity contribution in [3.8, 4) is 5.88 Å². The van der Waals surface area contributed by atoms with Crippen molar-refractivity contribution in [2.75, 3.05) is 25.6 Å². The number of hydrogen-bond acceptors (Lipinski definition) is 8. The van der Waals surface area contributed by atoms with Crippen LogP contribution in [0.2, 0.25) is 0 Å². The molecule has 0 radical (unpaired) electrons. The summed E-state index contributed by atoms with van der Waals surface area (Å²) in [7, 11) is 1.39. The fourth-order valence-corrected chi connectivity index (χ4v) is 2.82. The fraction of sp³-hybridized carbons (Fsp3) is 0.368. The molecule has 2 atom stereocenters. The summed E-state index contributed by atoms with van der Waals surface area (Å²) in [5.41, 5.74) is 5.57. The molecule has 0 spiro atoms. The number of aliphatic imine (C=N–C) groups is 1. The van der Waals surface area contributed by atoms with Crippen LogP contribution in [0.25, 0.3) is 0 Å². The standard InChI is InChI=1S/C19H19F4N5O4/c1-30-16-8-25-13(7-26-16)17(29)27-10-2-3-12(20)11(6-10)14-9-32-15(19(21,22)23)4-5-31-18(24)28-14/h2-3,6-8,14-15H,4-5,9H2,1H3,(H2,24,28)(H,27,29)/t14?,15-/m0/s1. The minimum Gasteiger partial charge on any atom is -0.480 e. The van der Waals surface area contributed by atoms with Crippen molar-refractivity contribution in [3.63, 3.8) is 0 Å². The first-order valence-corrected chi connectivity index (χ1v) is 9.28. The lowest BCUT2D eigenvalue weighted by molar-refractivity contribution is -0.224.